The molecule has 0 radical (unpaired) electrons. The van der Waals surface area contributed by atoms with E-state index in [1.54, 1.807) is 6.92 Å². The minimum Gasteiger partial charge on any atom is -0.371 e. The number of nitrogens with one attached hydrogen (secondary N) is 1. The highest BCUT2D eigenvalue weighted by atomic mass is 16.7. The highest BCUT2D eigenvalue weighted by Gasteiger charge is 2.11. The fourth-order valence-electron chi connectivity index (χ4n) is 0.717. The molecule has 0 aromatic carbocycles. The average Bonchev–Trinajstić information content (AvgIpc) is 2.43. The maximum absolute atomic E-state index is 11.1. The van der Waals surface area contributed by atoms with Crippen molar-refractivity contribution in [2.45, 2.75) is 6.92 Å². The topological polar surface area (TPSA) is 73.5 Å². The molecule has 0 bridgehead atoms. The predicted octanol–water partition coefficient (Wildman–Crippen LogP) is -0.340. The van der Waals surface area contributed by atoms with Gasteiger partial charge in [0.2, 0.25) is 5.76 Å². The zero-order chi connectivity index (χ0) is 9.84. The van der Waals surface area contributed by atoms with Gasteiger partial charge in [0.1, 0.15) is 0 Å². The van der Waals surface area contributed by atoms with Crippen LogP contribution in [0.15, 0.2) is 15.4 Å². The number of carbonyl (C=O) groups excluding carboxylic acids is 1. The molecule has 0 fully saturated rings. The number of carbonyl (C=O) groups is 1. The molecule has 1 aromatic rings. The first-order chi connectivity index (χ1) is 6.15. The summed E-state index contributed by atoms with van der Waals surface area (Å²) < 4.78 is 5.74. The summed E-state index contributed by atoms with van der Waals surface area (Å²) in [5.41, 5.74) is 1.73. The Bertz CT molecular complexity index is 352. The fourth-order valence-corrected chi connectivity index (χ4v) is 0.717. The standard InChI is InChI=1S/C7H10N2O4/c1-3-12-8-7(11)5-4-6(10)9(2)13-5/h4H,3H2,1-2H3,(H,8,11). The molecule has 1 heterocycles. The molecule has 72 valence electrons. The van der Waals surface area contributed by atoms with Crippen LogP contribution in [0, 0.1) is 0 Å². The Balaban J connectivity index is 2.72. The molecule has 6 heteroatoms. The zero-order valence-corrected chi connectivity index (χ0v) is 7.36. The third kappa shape index (κ3) is 2.19. The maximum atomic E-state index is 11.1. The van der Waals surface area contributed by atoms with Gasteiger partial charge in [0, 0.05) is 7.05 Å². The molecule has 0 aliphatic rings. The van der Waals surface area contributed by atoms with Crippen LogP contribution in [0.4, 0.5) is 0 Å². The summed E-state index contributed by atoms with van der Waals surface area (Å²) in [6.45, 7) is 2.07. The molecule has 0 saturated heterocycles. The summed E-state index contributed by atoms with van der Waals surface area (Å²) in [5, 5.41) is 0. The number of hydroxylamine groups is 1. The van der Waals surface area contributed by atoms with Gasteiger partial charge in [0.05, 0.1) is 12.7 Å². The molecule has 0 atom stereocenters. The van der Waals surface area contributed by atoms with Gasteiger partial charge in [-0.1, -0.05) is 0 Å². The van der Waals surface area contributed by atoms with Crippen LogP contribution in [-0.4, -0.2) is 17.3 Å². The van der Waals surface area contributed by atoms with E-state index in [0.717, 1.165) is 10.8 Å². The molecule has 1 rings (SSSR count). The van der Waals surface area contributed by atoms with E-state index in [1.165, 1.54) is 7.05 Å². The van der Waals surface area contributed by atoms with E-state index >= 15 is 0 Å². The molecule has 13 heavy (non-hydrogen) atoms. The second kappa shape index (κ2) is 3.90. The Labute approximate surface area is 74.0 Å². The van der Waals surface area contributed by atoms with Crippen LogP contribution < -0.4 is 11.0 Å². The third-order valence-electron chi connectivity index (χ3n) is 1.33. The second-order valence-corrected chi connectivity index (χ2v) is 2.30. The molecule has 0 aliphatic carbocycles. The molecule has 0 saturated carbocycles. The van der Waals surface area contributed by atoms with Crippen molar-refractivity contribution in [3.63, 3.8) is 0 Å². The van der Waals surface area contributed by atoms with E-state index in [-0.39, 0.29) is 11.3 Å². The van der Waals surface area contributed by atoms with E-state index in [9.17, 15) is 9.59 Å². The third-order valence-corrected chi connectivity index (χ3v) is 1.33. The van der Waals surface area contributed by atoms with Gasteiger partial charge in [-0.25, -0.2) is 5.48 Å². The molecule has 1 amide bonds. The lowest BCUT2D eigenvalue weighted by Crippen LogP contribution is -2.23. The predicted molar refractivity (Wildman–Crippen MR) is 43.0 cm³/mol. The maximum Gasteiger partial charge on any atom is 0.313 e. The molecule has 1 N–H and O–H groups in total. The summed E-state index contributed by atoms with van der Waals surface area (Å²) >= 11 is 0. The Morgan fingerprint density at radius 1 is 1.77 bits per heavy atom. The van der Waals surface area contributed by atoms with Crippen molar-refractivity contribution in [2.24, 2.45) is 7.05 Å². The van der Waals surface area contributed by atoms with Gasteiger partial charge in [-0.05, 0) is 6.92 Å². The van der Waals surface area contributed by atoms with Crippen LogP contribution in [-0.2, 0) is 11.9 Å². The highest BCUT2D eigenvalue weighted by molar-refractivity contribution is 5.90. The zero-order valence-electron chi connectivity index (χ0n) is 7.36. The minimum atomic E-state index is -0.570. The number of hydrogen-bond donors (Lipinski definition) is 1. The van der Waals surface area contributed by atoms with Crippen LogP contribution in [0.1, 0.15) is 17.5 Å². The van der Waals surface area contributed by atoms with E-state index in [1.807, 2.05) is 0 Å². The van der Waals surface area contributed by atoms with Crippen LogP contribution in [0.25, 0.3) is 0 Å². The van der Waals surface area contributed by atoms with E-state index < -0.39 is 5.91 Å². The fraction of sp³-hybridized carbons (Fsp3) is 0.429. The summed E-state index contributed by atoms with van der Waals surface area (Å²) in [4.78, 5) is 26.6. The van der Waals surface area contributed by atoms with Crippen molar-refractivity contribution in [1.29, 1.82) is 0 Å². The second-order valence-electron chi connectivity index (χ2n) is 2.30. The number of amides is 1. The van der Waals surface area contributed by atoms with Crippen LogP contribution in [0.2, 0.25) is 0 Å². The van der Waals surface area contributed by atoms with Gasteiger partial charge in [0.25, 0.3) is 5.56 Å². The summed E-state index contributed by atoms with van der Waals surface area (Å²) in [6, 6.07) is 1.09. The van der Waals surface area contributed by atoms with Crippen molar-refractivity contribution in [1.82, 2.24) is 10.2 Å². The number of hydrogen-bond acceptors (Lipinski definition) is 4. The number of nitrogens with zero attached hydrogens (tertiary/aromatic N) is 1. The Morgan fingerprint density at radius 2 is 2.46 bits per heavy atom. The van der Waals surface area contributed by atoms with Gasteiger partial charge in [-0.15, -0.1) is 0 Å². The SMILES string of the molecule is CCONC(=O)c1cc(=O)n(C)o1. The van der Waals surface area contributed by atoms with Crippen molar-refractivity contribution in [3.05, 3.63) is 22.2 Å². The lowest BCUT2D eigenvalue weighted by molar-refractivity contribution is 0.0326. The van der Waals surface area contributed by atoms with Crippen LogP contribution >= 0.6 is 0 Å². The molecule has 6 nitrogen and oxygen atoms in total. The van der Waals surface area contributed by atoms with Crippen molar-refractivity contribution in [2.75, 3.05) is 6.61 Å². The molecule has 0 spiro atoms. The molecule has 0 aliphatic heterocycles. The van der Waals surface area contributed by atoms with E-state index in [4.69, 9.17) is 4.52 Å². The first kappa shape index (κ1) is 9.53. The molecular formula is C7H10N2O4. The van der Waals surface area contributed by atoms with E-state index in [2.05, 4.69) is 10.3 Å². The first-order valence-corrected chi connectivity index (χ1v) is 3.74. The lowest BCUT2D eigenvalue weighted by Gasteiger charge is -1.98. The number of rotatable bonds is 3. The van der Waals surface area contributed by atoms with Gasteiger partial charge >= 0.3 is 5.91 Å². The number of aromatic nitrogens is 1. The smallest absolute Gasteiger partial charge is 0.313 e. The van der Waals surface area contributed by atoms with Gasteiger partial charge in [0.15, 0.2) is 0 Å². The Hall–Kier alpha value is -1.56. The molecular weight excluding hydrogens is 176 g/mol. The average molecular weight is 186 g/mol. The molecule has 0 unspecified atom stereocenters. The largest absolute Gasteiger partial charge is 0.371 e. The van der Waals surface area contributed by atoms with Crippen molar-refractivity contribution < 1.29 is 14.2 Å². The van der Waals surface area contributed by atoms with Crippen molar-refractivity contribution in [3.8, 4) is 0 Å². The van der Waals surface area contributed by atoms with Crippen LogP contribution in [0.5, 0.6) is 0 Å². The van der Waals surface area contributed by atoms with Gasteiger partial charge < -0.3 is 4.52 Å². The van der Waals surface area contributed by atoms with Crippen molar-refractivity contribution >= 4 is 5.91 Å². The van der Waals surface area contributed by atoms with E-state index in [0.29, 0.717) is 6.61 Å². The number of aryl methyl sites for hydroxylation is 1. The highest BCUT2D eigenvalue weighted by Crippen LogP contribution is 1.93. The Morgan fingerprint density at radius 3 is 2.92 bits per heavy atom. The monoisotopic (exact) mass is 186 g/mol. The van der Waals surface area contributed by atoms with Crippen LogP contribution in [0.3, 0.4) is 0 Å². The van der Waals surface area contributed by atoms with Gasteiger partial charge in [-0.2, -0.15) is 4.74 Å². The summed E-state index contributed by atoms with van der Waals surface area (Å²) in [6.07, 6.45) is 0. The Kier molecular flexibility index (Phi) is 2.86. The lowest BCUT2D eigenvalue weighted by atomic mass is 10.4. The normalized spacial score (nSPS) is 10.0. The minimum absolute atomic E-state index is 0.0686. The molecule has 1 aromatic heterocycles. The van der Waals surface area contributed by atoms with Gasteiger partial charge in [-0.3, -0.25) is 14.4 Å². The summed E-state index contributed by atoms with van der Waals surface area (Å²) in [7, 11) is 1.42. The first-order valence-electron chi connectivity index (χ1n) is 3.74. The quantitative estimate of drug-likeness (QED) is 0.655. The summed E-state index contributed by atoms with van der Waals surface area (Å²) in [5.74, 6) is -0.638.